The highest BCUT2D eigenvalue weighted by Crippen LogP contribution is 2.14. The lowest BCUT2D eigenvalue weighted by atomic mass is 10.3. The second-order valence-electron chi connectivity index (χ2n) is 4.30. The Morgan fingerprint density at radius 1 is 1.25 bits per heavy atom. The van der Waals surface area contributed by atoms with E-state index in [9.17, 15) is 4.79 Å². The molecule has 0 atom stereocenters. The minimum Gasteiger partial charge on any atom is -0.497 e. The number of ether oxygens (including phenoxy) is 1. The summed E-state index contributed by atoms with van der Waals surface area (Å²) >= 11 is 0. The molecule has 7 heteroatoms. The van der Waals surface area contributed by atoms with E-state index in [1.165, 1.54) is 0 Å². The molecule has 1 aromatic carbocycles. The fourth-order valence-electron chi connectivity index (χ4n) is 1.95. The van der Waals surface area contributed by atoms with Crippen molar-refractivity contribution in [3.05, 3.63) is 24.3 Å². The molecular formula is C13H21Cl2N3O2. The highest BCUT2D eigenvalue weighted by atomic mass is 35.5. The number of carbonyl (C=O) groups excluding carboxylic acids is 1. The summed E-state index contributed by atoms with van der Waals surface area (Å²) in [6, 6.07) is 7.35. The van der Waals surface area contributed by atoms with Crippen LogP contribution < -0.4 is 15.4 Å². The van der Waals surface area contributed by atoms with Gasteiger partial charge in [-0.2, -0.15) is 0 Å². The Kier molecular flexibility index (Phi) is 9.33. The SMILES string of the molecule is COc1ccc(NC(=O)CN2CCNCC2)cc1.Cl.Cl. The number of anilines is 1. The number of nitrogens with zero attached hydrogens (tertiary/aromatic N) is 1. The molecule has 1 heterocycles. The van der Waals surface area contributed by atoms with Gasteiger partial charge < -0.3 is 15.4 Å². The van der Waals surface area contributed by atoms with Crippen LogP contribution in [0.4, 0.5) is 5.69 Å². The Morgan fingerprint density at radius 2 is 1.85 bits per heavy atom. The summed E-state index contributed by atoms with van der Waals surface area (Å²) in [6.07, 6.45) is 0. The predicted octanol–water partition coefficient (Wildman–Crippen LogP) is 1.38. The zero-order valence-electron chi connectivity index (χ0n) is 11.4. The fourth-order valence-corrected chi connectivity index (χ4v) is 1.95. The van der Waals surface area contributed by atoms with Gasteiger partial charge in [0.25, 0.3) is 0 Å². The first-order chi connectivity index (χ1) is 8.78. The minimum atomic E-state index is 0. The van der Waals surface area contributed by atoms with E-state index in [4.69, 9.17) is 4.74 Å². The first kappa shape index (κ1) is 19.0. The van der Waals surface area contributed by atoms with Crippen LogP contribution in [0.5, 0.6) is 5.75 Å². The lowest BCUT2D eigenvalue weighted by Crippen LogP contribution is -2.46. The van der Waals surface area contributed by atoms with E-state index in [0.29, 0.717) is 6.54 Å². The zero-order valence-corrected chi connectivity index (χ0v) is 13.1. The van der Waals surface area contributed by atoms with Crippen LogP contribution in [0.15, 0.2) is 24.3 Å². The maximum atomic E-state index is 11.8. The molecule has 0 saturated carbocycles. The van der Waals surface area contributed by atoms with Gasteiger partial charge in [-0.15, -0.1) is 24.8 Å². The van der Waals surface area contributed by atoms with E-state index in [1.807, 2.05) is 24.3 Å². The van der Waals surface area contributed by atoms with Crippen molar-refractivity contribution < 1.29 is 9.53 Å². The molecule has 0 unspecified atom stereocenters. The van der Waals surface area contributed by atoms with Crippen LogP contribution in [0, 0.1) is 0 Å². The number of carbonyl (C=O) groups is 1. The Labute approximate surface area is 131 Å². The number of methoxy groups -OCH3 is 1. The van der Waals surface area contributed by atoms with Crippen LogP contribution in [-0.2, 0) is 4.79 Å². The summed E-state index contributed by atoms with van der Waals surface area (Å²) in [6.45, 7) is 4.21. The monoisotopic (exact) mass is 321 g/mol. The van der Waals surface area contributed by atoms with E-state index in [1.54, 1.807) is 7.11 Å². The van der Waals surface area contributed by atoms with Crippen molar-refractivity contribution in [2.24, 2.45) is 0 Å². The highest BCUT2D eigenvalue weighted by Gasteiger charge is 2.13. The van der Waals surface area contributed by atoms with Gasteiger partial charge in [-0.25, -0.2) is 0 Å². The molecule has 1 aliphatic heterocycles. The third-order valence-corrected chi connectivity index (χ3v) is 2.95. The molecule has 1 aliphatic rings. The lowest BCUT2D eigenvalue weighted by Gasteiger charge is -2.26. The molecule has 20 heavy (non-hydrogen) atoms. The molecule has 0 bridgehead atoms. The standard InChI is InChI=1S/C13H19N3O2.2ClH/c1-18-12-4-2-11(3-5-12)15-13(17)10-16-8-6-14-7-9-16;;/h2-5,14H,6-10H2,1H3,(H,15,17);2*1H. The summed E-state index contributed by atoms with van der Waals surface area (Å²) in [5, 5.41) is 6.15. The summed E-state index contributed by atoms with van der Waals surface area (Å²) in [5.41, 5.74) is 0.802. The van der Waals surface area contributed by atoms with Crippen LogP contribution >= 0.6 is 24.8 Å². The summed E-state index contributed by atoms with van der Waals surface area (Å²) < 4.78 is 5.07. The second-order valence-corrected chi connectivity index (χ2v) is 4.30. The number of piperazine rings is 1. The summed E-state index contributed by atoms with van der Waals surface area (Å²) in [4.78, 5) is 14.0. The van der Waals surface area contributed by atoms with Gasteiger partial charge in [0.1, 0.15) is 5.75 Å². The minimum absolute atomic E-state index is 0. The van der Waals surface area contributed by atoms with Gasteiger partial charge >= 0.3 is 0 Å². The predicted molar refractivity (Wildman–Crippen MR) is 85.4 cm³/mol. The number of rotatable bonds is 4. The number of hydrogen-bond donors (Lipinski definition) is 2. The fraction of sp³-hybridized carbons (Fsp3) is 0.462. The molecule has 114 valence electrons. The van der Waals surface area contributed by atoms with Crippen molar-refractivity contribution in [2.75, 3.05) is 45.2 Å². The number of hydrogen-bond acceptors (Lipinski definition) is 4. The number of nitrogens with one attached hydrogen (secondary N) is 2. The van der Waals surface area contributed by atoms with Gasteiger partial charge in [0.05, 0.1) is 13.7 Å². The molecule has 1 fully saturated rings. The molecule has 1 saturated heterocycles. The third kappa shape index (κ3) is 5.96. The number of halogens is 2. The Bertz CT molecular complexity index is 395. The van der Waals surface area contributed by atoms with Gasteiger partial charge in [0.2, 0.25) is 5.91 Å². The molecule has 2 N–H and O–H groups in total. The Hall–Kier alpha value is -1.01. The van der Waals surface area contributed by atoms with Gasteiger partial charge in [-0.05, 0) is 24.3 Å². The van der Waals surface area contributed by atoms with Gasteiger partial charge in [-0.3, -0.25) is 9.69 Å². The van der Waals surface area contributed by atoms with Crippen LogP contribution in [0.3, 0.4) is 0 Å². The van der Waals surface area contributed by atoms with Crippen molar-refractivity contribution in [3.63, 3.8) is 0 Å². The third-order valence-electron chi connectivity index (χ3n) is 2.95. The molecule has 0 spiro atoms. The van der Waals surface area contributed by atoms with Crippen molar-refractivity contribution in [3.8, 4) is 5.75 Å². The van der Waals surface area contributed by atoms with Gasteiger partial charge in [-0.1, -0.05) is 0 Å². The molecule has 0 aromatic heterocycles. The lowest BCUT2D eigenvalue weighted by molar-refractivity contribution is -0.117. The first-order valence-corrected chi connectivity index (χ1v) is 6.15. The largest absolute Gasteiger partial charge is 0.497 e. The molecular weight excluding hydrogens is 301 g/mol. The van der Waals surface area contributed by atoms with Crippen LogP contribution in [0.1, 0.15) is 0 Å². The van der Waals surface area contributed by atoms with E-state index >= 15 is 0 Å². The van der Waals surface area contributed by atoms with Crippen LogP contribution in [-0.4, -0.2) is 50.6 Å². The van der Waals surface area contributed by atoms with E-state index in [2.05, 4.69) is 15.5 Å². The molecule has 0 radical (unpaired) electrons. The molecule has 5 nitrogen and oxygen atoms in total. The van der Waals surface area contributed by atoms with Crippen molar-refractivity contribution >= 4 is 36.4 Å². The second kappa shape index (κ2) is 9.83. The van der Waals surface area contributed by atoms with Crippen molar-refractivity contribution in [1.82, 2.24) is 10.2 Å². The smallest absolute Gasteiger partial charge is 0.238 e. The number of benzene rings is 1. The Balaban J connectivity index is 0.00000180. The maximum Gasteiger partial charge on any atom is 0.238 e. The highest BCUT2D eigenvalue weighted by molar-refractivity contribution is 5.92. The Morgan fingerprint density at radius 3 is 2.40 bits per heavy atom. The van der Waals surface area contributed by atoms with Crippen molar-refractivity contribution in [2.45, 2.75) is 0 Å². The normalized spacial score (nSPS) is 14.7. The first-order valence-electron chi connectivity index (χ1n) is 6.15. The van der Waals surface area contributed by atoms with Gasteiger partial charge in [0, 0.05) is 31.9 Å². The molecule has 1 aromatic rings. The molecule has 2 rings (SSSR count). The number of amides is 1. The average molecular weight is 322 g/mol. The average Bonchev–Trinajstić information content (AvgIpc) is 2.40. The molecule has 1 amide bonds. The van der Waals surface area contributed by atoms with E-state index in [-0.39, 0.29) is 30.7 Å². The van der Waals surface area contributed by atoms with Crippen molar-refractivity contribution in [1.29, 1.82) is 0 Å². The quantitative estimate of drug-likeness (QED) is 0.879. The van der Waals surface area contributed by atoms with Crippen LogP contribution in [0.25, 0.3) is 0 Å². The van der Waals surface area contributed by atoms with E-state index in [0.717, 1.165) is 37.6 Å². The maximum absolute atomic E-state index is 11.8. The van der Waals surface area contributed by atoms with E-state index < -0.39 is 0 Å². The summed E-state index contributed by atoms with van der Waals surface area (Å²) in [5.74, 6) is 0.817. The topological polar surface area (TPSA) is 53.6 Å². The molecule has 0 aliphatic carbocycles. The van der Waals surface area contributed by atoms with Gasteiger partial charge in [0.15, 0.2) is 0 Å². The summed E-state index contributed by atoms with van der Waals surface area (Å²) in [7, 11) is 1.62. The zero-order chi connectivity index (χ0) is 12.8. The van der Waals surface area contributed by atoms with Crippen LogP contribution in [0.2, 0.25) is 0 Å².